The average Bonchev–Trinajstić information content (AvgIpc) is 2.02. The maximum Gasteiger partial charge on any atom is 0.450 e. The Kier molecular flexibility index (Phi) is 2.78. The van der Waals surface area contributed by atoms with Crippen molar-refractivity contribution in [2.24, 2.45) is 0 Å². The molecule has 0 aliphatic heterocycles. The van der Waals surface area contributed by atoms with E-state index in [1.807, 2.05) is 0 Å². The number of alkyl halides is 3. The van der Waals surface area contributed by atoms with Crippen molar-refractivity contribution in [2.75, 3.05) is 0 Å². The molecule has 76 valence electrons. The SMILES string of the molecule is O=C(Cc1cccc(O)c1)C(F)(F)F. The van der Waals surface area contributed by atoms with Crippen LogP contribution in [0.15, 0.2) is 24.3 Å². The van der Waals surface area contributed by atoms with Crippen LogP contribution in [0.4, 0.5) is 13.2 Å². The lowest BCUT2D eigenvalue weighted by Crippen LogP contribution is -2.24. The molecule has 0 saturated heterocycles. The molecule has 1 rings (SSSR count). The van der Waals surface area contributed by atoms with Crippen LogP contribution in [-0.2, 0) is 11.2 Å². The smallest absolute Gasteiger partial charge is 0.450 e. The number of hydrogen-bond acceptors (Lipinski definition) is 2. The van der Waals surface area contributed by atoms with Crippen molar-refractivity contribution in [1.29, 1.82) is 0 Å². The predicted octanol–water partition coefficient (Wildman–Crippen LogP) is 2.07. The second-order valence-corrected chi connectivity index (χ2v) is 2.77. The monoisotopic (exact) mass is 204 g/mol. The van der Waals surface area contributed by atoms with Gasteiger partial charge in [-0.1, -0.05) is 12.1 Å². The van der Waals surface area contributed by atoms with Crippen LogP contribution in [0.1, 0.15) is 5.56 Å². The summed E-state index contributed by atoms with van der Waals surface area (Å²) in [6.45, 7) is 0. The quantitative estimate of drug-likeness (QED) is 0.800. The highest BCUT2D eigenvalue weighted by atomic mass is 19.4. The van der Waals surface area contributed by atoms with Gasteiger partial charge in [0.15, 0.2) is 0 Å². The molecule has 0 radical (unpaired) electrons. The summed E-state index contributed by atoms with van der Waals surface area (Å²) in [5.41, 5.74) is 0.146. The number of carbonyl (C=O) groups is 1. The molecule has 0 spiro atoms. The Bertz CT molecular complexity index is 344. The van der Waals surface area contributed by atoms with E-state index in [0.29, 0.717) is 0 Å². The van der Waals surface area contributed by atoms with Crippen molar-refractivity contribution in [3.05, 3.63) is 29.8 Å². The Hall–Kier alpha value is -1.52. The van der Waals surface area contributed by atoms with Crippen LogP contribution in [0.25, 0.3) is 0 Å². The van der Waals surface area contributed by atoms with E-state index in [1.165, 1.54) is 18.2 Å². The number of halogens is 3. The molecule has 1 aromatic rings. The fourth-order valence-electron chi connectivity index (χ4n) is 0.952. The number of phenolic OH excluding ortho intramolecular Hbond substituents is 1. The van der Waals surface area contributed by atoms with Crippen molar-refractivity contribution in [3.8, 4) is 5.75 Å². The third-order valence-electron chi connectivity index (χ3n) is 1.59. The maximum atomic E-state index is 11.8. The van der Waals surface area contributed by atoms with Crippen LogP contribution in [0.2, 0.25) is 0 Å². The molecule has 0 bridgehead atoms. The second kappa shape index (κ2) is 3.69. The molecule has 0 unspecified atom stereocenters. The van der Waals surface area contributed by atoms with Gasteiger partial charge in [0.25, 0.3) is 0 Å². The molecule has 0 aliphatic rings. The molecular formula is C9H7F3O2. The topological polar surface area (TPSA) is 37.3 Å². The van der Waals surface area contributed by atoms with E-state index in [0.717, 1.165) is 6.07 Å². The molecule has 1 N–H and O–H groups in total. The molecule has 1 aromatic carbocycles. The van der Waals surface area contributed by atoms with E-state index in [-0.39, 0.29) is 11.3 Å². The van der Waals surface area contributed by atoms with Crippen LogP contribution < -0.4 is 0 Å². The molecule has 0 aliphatic carbocycles. The zero-order valence-corrected chi connectivity index (χ0v) is 7.01. The molecule has 5 heteroatoms. The van der Waals surface area contributed by atoms with Gasteiger partial charge in [-0.2, -0.15) is 13.2 Å². The molecule has 2 nitrogen and oxygen atoms in total. The number of Topliss-reactive ketones (excluding diaryl/α,β-unsaturated/α-hetero) is 1. The molecule has 14 heavy (non-hydrogen) atoms. The Balaban J connectivity index is 2.75. The predicted molar refractivity (Wildman–Crippen MR) is 42.9 cm³/mol. The van der Waals surface area contributed by atoms with Crippen LogP contribution in [0.5, 0.6) is 5.75 Å². The molecule has 0 aromatic heterocycles. The van der Waals surface area contributed by atoms with Crippen LogP contribution in [0.3, 0.4) is 0 Å². The molecule has 0 atom stereocenters. The number of benzene rings is 1. The zero-order valence-electron chi connectivity index (χ0n) is 7.01. The van der Waals surface area contributed by atoms with E-state index in [9.17, 15) is 18.0 Å². The third-order valence-corrected chi connectivity index (χ3v) is 1.59. The first-order valence-electron chi connectivity index (χ1n) is 3.77. The van der Waals surface area contributed by atoms with Gasteiger partial charge in [-0.05, 0) is 17.7 Å². The first-order valence-corrected chi connectivity index (χ1v) is 3.77. The number of phenols is 1. The van der Waals surface area contributed by atoms with Gasteiger partial charge in [0.05, 0.1) is 0 Å². The normalized spacial score (nSPS) is 11.4. The number of rotatable bonds is 2. The first kappa shape index (κ1) is 10.6. The Labute approximate surface area is 78.0 Å². The highest BCUT2D eigenvalue weighted by molar-refractivity contribution is 5.86. The molecule has 0 fully saturated rings. The fraction of sp³-hybridized carbons (Fsp3) is 0.222. The van der Waals surface area contributed by atoms with Crippen molar-refractivity contribution in [2.45, 2.75) is 12.6 Å². The standard InChI is InChI=1S/C9H7F3O2/c10-9(11,12)8(14)5-6-2-1-3-7(13)4-6/h1-4,13H,5H2. The third kappa shape index (κ3) is 2.76. The van der Waals surface area contributed by atoms with E-state index in [1.54, 1.807) is 0 Å². The number of aromatic hydroxyl groups is 1. The summed E-state index contributed by atoms with van der Waals surface area (Å²) in [6, 6.07) is 5.18. The van der Waals surface area contributed by atoms with Gasteiger partial charge < -0.3 is 5.11 Å². The van der Waals surface area contributed by atoms with E-state index in [4.69, 9.17) is 5.11 Å². The molecule has 0 saturated carbocycles. The zero-order chi connectivity index (χ0) is 10.8. The summed E-state index contributed by atoms with van der Waals surface area (Å²) in [5.74, 6) is -1.97. The lowest BCUT2D eigenvalue weighted by Gasteiger charge is -2.04. The summed E-state index contributed by atoms with van der Waals surface area (Å²) in [5, 5.41) is 8.94. The minimum absolute atomic E-state index is 0.146. The van der Waals surface area contributed by atoms with Gasteiger partial charge in [0, 0.05) is 6.42 Å². The van der Waals surface area contributed by atoms with E-state index in [2.05, 4.69) is 0 Å². The largest absolute Gasteiger partial charge is 0.508 e. The minimum atomic E-state index is -4.81. The van der Waals surface area contributed by atoms with E-state index < -0.39 is 18.4 Å². The molecule has 0 heterocycles. The van der Waals surface area contributed by atoms with Crippen molar-refractivity contribution >= 4 is 5.78 Å². The van der Waals surface area contributed by atoms with Crippen molar-refractivity contribution < 1.29 is 23.1 Å². The lowest BCUT2D eigenvalue weighted by atomic mass is 10.1. The highest BCUT2D eigenvalue weighted by Crippen LogP contribution is 2.20. The van der Waals surface area contributed by atoms with Gasteiger partial charge in [-0.3, -0.25) is 4.79 Å². The lowest BCUT2D eigenvalue weighted by molar-refractivity contribution is -0.170. The van der Waals surface area contributed by atoms with Gasteiger partial charge >= 0.3 is 6.18 Å². The maximum absolute atomic E-state index is 11.8. The van der Waals surface area contributed by atoms with Gasteiger partial charge in [-0.25, -0.2) is 0 Å². The second-order valence-electron chi connectivity index (χ2n) is 2.77. The summed E-state index contributed by atoms with van der Waals surface area (Å²) >= 11 is 0. The fourth-order valence-corrected chi connectivity index (χ4v) is 0.952. The van der Waals surface area contributed by atoms with Crippen molar-refractivity contribution in [3.63, 3.8) is 0 Å². The number of carbonyl (C=O) groups excluding carboxylic acids is 1. The van der Waals surface area contributed by atoms with Crippen LogP contribution in [-0.4, -0.2) is 17.1 Å². The van der Waals surface area contributed by atoms with Gasteiger partial charge in [0.1, 0.15) is 5.75 Å². The average molecular weight is 204 g/mol. The first-order chi connectivity index (χ1) is 6.39. The summed E-state index contributed by atoms with van der Waals surface area (Å²) in [4.78, 5) is 10.5. The summed E-state index contributed by atoms with van der Waals surface area (Å²) < 4.78 is 35.5. The Morgan fingerprint density at radius 3 is 2.50 bits per heavy atom. The highest BCUT2D eigenvalue weighted by Gasteiger charge is 2.37. The van der Waals surface area contributed by atoms with Crippen LogP contribution >= 0.6 is 0 Å². The minimum Gasteiger partial charge on any atom is -0.508 e. The Morgan fingerprint density at radius 1 is 1.36 bits per heavy atom. The molecular weight excluding hydrogens is 197 g/mol. The summed E-state index contributed by atoms with van der Waals surface area (Å²) in [7, 11) is 0. The van der Waals surface area contributed by atoms with E-state index >= 15 is 0 Å². The van der Waals surface area contributed by atoms with Gasteiger partial charge in [-0.15, -0.1) is 0 Å². The van der Waals surface area contributed by atoms with Crippen LogP contribution in [0, 0.1) is 0 Å². The molecule has 0 amide bonds. The Morgan fingerprint density at radius 2 is 2.00 bits per heavy atom. The summed E-state index contributed by atoms with van der Waals surface area (Å²) in [6.07, 6.45) is -5.55. The van der Waals surface area contributed by atoms with Crippen molar-refractivity contribution in [1.82, 2.24) is 0 Å². The number of hydrogen-bond donors (Lipinski definition) is 1. The van der Waals surface area contributed by atoms with Gasteiger partial charge in [0.2, 0.25) is 5.78 Å². The number of ketones is 1.